The van der Waals surface area contributed by atoms with E-state index in [0.29, 0.717) is 12.2 Å². The van der Waals surface area contributed by atoms with E-state index in [1.807, 2.05) is 0 Å². The third kappa shape index (κ3) is 5.76. The Bertz CT molecular complexity index is 515. The molecule has 0 heterocycles. The van der Waals surface area contributed by atoms with Crippen LogP contribution in [0, 0.1) is 0 Å². The van der Waals surface area contributed by atoms with Gasteiger partial charge >= 0.3 is 5.97 Å². The summed E-state index contributed by atoms with van der Waals surface area (Å²) in [5.41, 5.74) is -0.250. The fourth-order valence-electron chi connectivity index (χ4n) is 2.33. The van der Waals surface area contributed by atoms with Crippen LogP contribution in [0.2, 0.25) is 0 Å². The maximum Gasteiger partial charge on any atom is 0.308 e. The molecule has 1 aromatic carbocycles. The highest BCUT2D eigenvalue weighted by atomic mass is 16.5. The van der Waals surface area contributed by atoms with Crippen LogP contribution in [-0.2, 0) is 19.9 Å². The van der Waals surface area contributed by atoms with Crippen molar-refractivity contribution in [1.82, 2.24) is 5.32 Å². The average molecular weight is 307 g/mol. The first-order valence-corrected chi connectivity index (χ1v) is 7.61. The van der Waals surface area contributed by atoms with E-state index in [0.717, 1.165) is 19.3 Å². The van der Waals surface area contributed by atoms with Crippen molar-refractivity contribution >= 4 is 11.9 Å². The molecule has 1 atom stereocenters. The quantitative estimate of drug-likeness (QED) is 0.572. The number of carbonyl (C=O) groups is 2. The number of hydrogen-bond donors (Lipinski definition) is 2. The summed E-state index contributed by atoms with van der Waals surface area (Å²) >= 11 is 0. The number of unbranched alkanes of at least 4 members (excludes halogenated alkanes) is 2. The van der Waals surface area contributed by atoms with Crippen LogP contribution in [0.5, 0.6) is 5.75 Å². The lowest BCUT2D eigenvalue weighted by Crippen LogP contribution is -2.44. The Kier molecular flexibility index (Phi) is 6.89. The molecular formula is C17H25NO4. The number of nitrogens with one attached hydrogen (secondary N) is 1. The zero-order valence-electron chi connectivity index (χ0n) is 13.5. The van der Waals surface area contributed by atoms with Gasteiger partial charge in [-0.1, -0.05) is 31.9 Å². The molecule has 0 bridgehead atoms. The van der Waals surface area contributed by atoms with E-state index in [1.165, 1.54) is 6.92 Å². The first-order chi connectivity index (χ1) is 10.4. The molecular weight excluding hydrogens is 282 g/mol. The molecule has 5 heteroatoms. The molecule has 122 valence electrons. The van der Waals surface area contributed by atoms with Crippen LogP contribution < -0.4 is 5.32 Å². The molecule has 0 saturated carbocycles. The fraction of sp³-hybridized carbons (Fsp3) is 0.529. The van der Waals surface area contributed by atoms with Crippen molar-refractivity contribution in [3.05, 3.63) is 29.8 Å². The molecule has 1 aromatic rings. The Balaban J connectivity index is 2.79. The minimum Gasteiger partial charge on any atom is -0.508 e. The number of amides is 1. The molecule has 0 radical (unpaired) electrons. The number of hydrogen-bond acceptors (Lipinski definition) is 4. The summed E-state index contributed by atoms with van der Waals surface area (Å²) in [6.45, 7) is 5.62. The van der Waals surface area contributed by atoms with Crippen molar-refractivity contribution in [3.63, 3.8) is 0 Å². The molecule has 22 heavy (non-hydrogen) atoms. The summed E-state index contributed by atoms with van der Waals surface area (Å²) in [4.78, 5) is 23.5. The van der Waals surface area contributed by atoms with Crippen LogP contribution in [0.4, 0.5) is 0 Å². The molecule has 0 aliphatic heterocycles. The third-order valence-corrected chi connectivity index (χ3v) is 3.44. The molecule has 0 spiro atoms. The fourth-order valence-corrected chi connectivity index (χ4v) is 2.33. The maximum atomic E-state index is 12.0. The van der Waals surface area contributed by atoms with Crippen LogP contribution in [0.15, 0.2) is 24.3 Å². The highest BCUT2D eigenvalue weighted by Gasteiger charge is 2.31. The zero-order valence-corrected chi connectivity index (χ0v) is 13.5. The molecule has 0 aliphatic rings. The van der Waals surface area contributed by atoms with Gasteiger partial charge in [0.15, 0.2) is 0 Å². The van der Waals surface area contributed by atoms with Gasteiger partial charge < -0.3 is 15.2 Å². The van der Waals surface area contributed by atoms with E-state index in [4.69, 9.17) is 4.74 Å². The van der Waals surface area contributed by atoms with E-state index in [9.17, 15) is 14.7 Å². The number of ether oxygens (including phenoxy) is 1. The normalized spacial score (nSPS) is 13.2. The first kappa shape index (κ1) is 18.0. The van der Waals surface area contributed by atoms with Crippen LogP contribution in [-0.4, -0.2) is 23.6 Å². The number of aromatic hydroxyl groups is 1. The van der Waals surface area contributed by atoms with Gasteiger partial charge in [0.05, 0.1) is 18.6 Å². The summed E-state index contributed by atoms with van der Waals surface area (Å²) in [5.74, 6) is -0.522. The highest BCUT2D eigenvalue weighted by molar-refractivity contribution is 5.77. The van der Waals surface area contributed by atoms with Gasteiger partial charge in [-0.2, -0.15) is 0 Å². The topological polar surface area (TPSA) is 75.6 Å². The number of phenols is 1. The molecule has 1 amide bonds. The van der Waals surface area contributed by atoms with Gasteiger partial charge in [0.1, 0.15) is 5.75 Å². The number of phenolic OH excluding ortho intramolecular Hbond substituents is 1. The van der Waals surface area contributed by atoms with Crippen LogP contribution in [0.1, 0.15) is 52.0 Å². The monoisotopic (exact) mass is 307 g/mol. The van der Waals surface area contributed by atoms with E-state index in [-0.39, 0.29) is 24.0 Å². The smallest absolute Gasteiger partial charge is 0.308 e. The summed E-state index contributed by atoms with van der Waals surface area (Å²) in [7, 11) is 0. The van der Waals surface area contributed by atoms with Gasteiger partial charge in [-0.05, 0) is 31.0 Å². The lowest BCUT2D eigenvalue weighted by atomic mass is 9.88. The van der Waals surface area contributed by atoms with Gasteiger partial charge in [0.2, 0.25) is 5.91 Å². The second-order valence-electron chi connectivity index (χ2n) is 5.67. The zero-order chi connectivity index (χ0) is 16.6. The molecule has 1 rings (SSSR count). The average Bonchev–Trinajstić information content (AvgIpc) is 2.42. The molecule has 0 aromatic heterocycles. The highest BCUT2D eigenvalue weighted by Crippen LogP contribution is 2.27. The summed E-state index contributed by atoms with van der Waals surface area (Å²) in [5, 5.41) is 12.4. The molecule has 1 unspecified atom stereocenters. The Morgan fingerprint density at radius 2 is 2.05 bits per heavy atom. The van der Waals surface area contributed by atoms with Crippen molar-refractivity contribution in [3.8, 4) is 5.75 Å². The lowest BCUT2D eigenvalue weighted by molar-refractivity contribution is -0.145. The van der Waals surface area contributed by atoms with Crippen molar-refractivity contribution in [2.24, 2.45) is 0 Å². The molecule has 2 N–H and O–H groups in total. The Labute approximate surface area is 131 Å². The second-order valence-corrected chi connectivity index (χ2v) is 5.67. The standard InChI is InChI=1S/C17H25NO4/c1-4-5-6-10-22-16(21)12-17(3,18-13(2)19)14-8-7-9-15(20)11-14/h7-9,11,20H,4-6,10,12H2,1-3H3,(H,18,19). The van der Waals surface area contributed by atoms with Gasteiger partial charge in [-0.25, -0.2) is 0 Å². The van der Waals surface area contributed by atoms with E-state index >= 15 is 0 Å². The number of benzene rings is 1. The van der Waals surface area contributed by atoms with Crippen molar-refractivity contribution in [2.45, 2.75) is 52.0 Å². The maximum absolute atomic E-state index is 12.0. The largest absolute Gasteiger partial charge is 0.508 e. The minimum atomic E-state index is -0.910. The summed E-state index contributed by atoms with van der Waals surface area (Å²) in [6, 6.07) is 6.53. The van der Waals surface area contributed by atoms with Crippen LogP contribution in [0.3, 0.4) is 0 Å². The first-order valence-electron chi connectivity index (χ1n) is 7.61. The van der Waals surface area contributed by atoms with Gasteiger partial charge in [-0.3, -0.25) is 9.59 Å². The van der Waals surface area contributed by atoms with Crippen LogP contribution >= 0.6 is 0 Å². The number of esters is 1. The van der Waals surface area contributed by atoms with Crippen LogP contribution in [0.25, 0.3) is 0 Å². The Morgan fingerprint density at radius 1 is 1.32 bits per heavy atom. The van der Waals surface area contributed by atoms with E-state index < -0.39 is 5.54 Å². The summed E-state index contributed by atoms with van der Waals surface area (Å²) in [6.07, 6.45) is 2.93. The second kappa shape index (κ2) is 8.41. The summed E-state index contributed by atoms with van der Waals surface area (Å²) < 4.78 is 5.22. The number of rotatable bonds is 8. The Hall–Kier alpha value is -2.04. The Morgan fingerprint density at radius 3 is 2.64 bits per heavy atom. The van der Waals surface area contributed by atoms with Gasteiger partial charge in [0.25, 0.3) is 0 Å². The van der Waals surface area contributed by atoms with E-state index in [1.54, 1.807) is 31.2 Å². The van der Waals surface area contributed by atoms with Crippen molar-refractivity contribution in [2.75, 3.05) is 6.61 Å². The third-order valence-electron chi connectivity index (χ3n) is 3.44. The number of carbonyl (C=O) groups excluding carboxylic acids is 2. The van der Waals surface area contributed by atoms with Gasteiger partial charge in [0, 0.05) is 6.92 Å². The van der Waals surface area contributed by atoms with Crippen molar-refractivity contribution in [1.29, 1.82) is 0 Å². The van der Waals surface area contributed by atoms with Gasteiger partial charge in [-0.15, -0.1) is 0 Å². The minimum absolute atomic E-state index is 0.0160. The predicted octanol–water partition coefficient (Wildman–Crippen LogP) is 2.87. The lowest BCUT2D eigenvalue weighted by Gasteiger charge is -2.30. The SMILES string of the molecule is CCCCCOC(=O)CC(C)(NC(C)=O)c1cccc(O)c1. The molecule has 0 aliphatic carbocycles. The molecule has 0 saturated heterocycles. The molecule has 5 nitrogen and oxygen atoms in total. The van der Waals surface area contributed by atoms with Crippen molar-refractivity contribution < 1.29 is 19.4 Å². The van der Waals surface area contributed by atoms with E-state index in [2.05, 4.69) is 12.2 Å². The molecule has 0 fully saturated rings. The predicted molar refractivity (Wildman–Crippen MR) is 84.4 cm³/mol.